The lowest BCUT2D eigenvalue weighted by molar-refractivity contribution is -0.0324. The summed E-state index contributed by atoms with van der Waals surface area (Å²) in [4.78, 5) is 0. The number of ether oxygens (including phenoxy) is 11. The summed E-state index contributed by atoms with van der Waals surface area (Å²) in [6.07, 6.45) is 2.54. The summed E-state index contributed by atoms with van der Waals surface area (Å²) in [5.74, 6) is 0. The first-order chi connectivity index (χ1) is 21.9. The number of rotatable bonds is 33. The Bertz CT molecular complexity index is 698. The van der Waals surface area contributed by atoms with Gasteiger partial charge in [-0.3, -0.25) is 0 Å². The number of hydrogen-bond donors (Lipinski definition) is 1. The zero-order valence-electron chi connectivity index (χ0n) is 26.6. The van der Waals surface area contributed by atoms with Crippen LogP contribution >= 0.6 is 0 Å². The number of piperidine rings is 1. The summed E-state index contributed by atoms with van der Waals surface area (Å²) in [5, 5.41) is 3.33. The summed E-state index contributed by atoms with van der Waals surface area (Å²) in [7, 11) is 0. The van der Waals surface area contributed by atoms with Crippen LogP contribution in [0.4, 0.5) is 0 Å². The Labute approximate surface area is 264 Å². The highest BCUT2D eigenvalue weighted by molar-refractivity contribution is 5.13. The molecule has 0 bridgehead atoms. The van der Waals surface area contributed by atoms with Crippen molar-refractivity contribution in [3.8, 4) is 0 Å². The van der Waals surface area contributed by atoms with Crippen molar-refractivity contribution in [2.75, 3.05) is 145 Å². The molecule has 44 heavy (non-hydrogen) atoms. The van der Waals surface area contributed by atoms with Gasteiger partial charge < -0.3 is 57.4 Å². The lowest BCUT2D eigenvalue weighted by atomic mass is 10.1. The van der Waals surface area contributed by atoms with Crippen LogP contribution in [0.15, 0.2) is 30.3 Å². The molecule has 12 heteroatoms. The molecular weight excluding hydrogens is 574 g/mol. The Morgan fingerprint density at radius 3 is 1.09 bits per heavy atom. The largest absolute Gasteiger partial charge is 0.377 e. The molecule has 1 fully saturated rings. The third kappa shape index (κ3) is 26.0. The van der Waals surface area contributed by atoms with E-state index in [9.17, 15) is 0 Å². The van der Waals surface area contributed by atoms with E-state index >= 15 is 0 Å². The van der Waals surface area contributed by atoms with Crippen molar-refractivity contribution < 1.29 is 52.1 Å². The minimum Gasteiger partial charge on any atom is -0.377 e. The van der Waals surface area contributed by atoms with E-state index in [-0.39, 0.29) is 0 Å². The third-order valence-electron chi connectivity index (χ3n) is 6.33. The van der Waals surface area contributed by atoms with Gasteiger partial charge in [-0.25, -0.2) is 0 Å². The SMILES string of the molecule is c1ccc(COCCOCCOCCOCCOCCOCCOCCOCCOCCOCCOC2CCNCC2)cc1. The number of hydrogen-bond acceptors (Lipinski definition) is 12. The van der Waals surface area contributed by atoms with Crippen molar-refractivity contribution in [2.24, 2.45) is 0 Å². The number of benzene rings is 1. The monoisotopic (exact) mass is 631 g/mol. The molecule has 256 valence electrons. The summed E-state index contributed by atoms with van der Waals surface area (Å²) < 4.78 is 60.8. The molecule has 1 aromatic carbocycles. The van der Waals surface area contributed by atoms with E-state index in [2.05, 4.69) is 5.32 Å². The molecular formula is C32H57NO11. The molecule has 1 heterocycles. The summed E-state index contributed by atoms with van der Waals surface area (Å²) >= 11 is 0. The van der Waals surface area contributed by atoms with Gasteiger partial charge in [-0.05, 0) is 31.5 Å². The maximum atomic E-state index is 5.79. The predicted molar refractivity (Wildman–Crippen MR) is 165 cm³/mol. The first-order valence-electron chi connectivity index (χ1n) is 16.1. The van der Waals surface area contributed by atoms with Gasteiger partial charge in [0.2, 0.25) is 0 Å². The van der Waals surface area contributed by atoms with Crippen LogP contribution in [0.1, 0.15) is 18.4 Å². The predicted octanol–water partition coefficient (Wildman–Crippen LogP) is 2.12. The second kappa shape index (κ2) is 31.7. The first kappa shape index (κ1) is 38.9. The molecule has 0 unspecified atom stereocenters. The number of nitrogens with one attached hydrogen (secondary N) is 1. The van der Waals surface area contributed by atoms with E-state index in [0.29, 0.717) is 145 Å². The molecule has 0 aromatic heterocycles. The zero-order chi connectivity index (χ0) is 30.9. The Balaban J connectivity index is 1.13. The van der Waals surface area contributed by atoms with Crippen LogP contribution < -0.4 is 5.32 Å². The summed E-state index contributed by atoms with van der Waals surface area (Å²) in [5.41, 5.74) is 1.16. The van der Waals surface area contributed by atoms with E-state index in [1.165, 1.54) is 0 Å². The van der Waals surface area contributed by atoms with Crippen molar-refractivity contribution >= 4 is 0 Å². The van der Waals surface area contributed by atoms with Crippen LogP contribution in [0.5, 0.6) is 0 Å². The fraction of sp³-hybridized carbons (Fsp3) is 0.812. The maximum absolute atomic E-state index is 5.79. The van der Waals surface area contributed by atoms with Gasteiger partial charge in [-0.2, -0.15) is 0 Å². The van der Waals surface area contributed by atoms with Crippen LogP contribution in [0.3, 0.4) is 0 Å². The Morgan fingerprint density at radius 1 is 0.409 bits per heavy atom. The molecule has 0 saturated carbocycles. The maximum Gasteiger partial charge on any atom is 0.0718 e. The quantitative estimate of drug-likeness (QED) is 0.115. The van der Waals surface area contributed by atoms with Gasteiger partial charge in [0, 0.05) is 0 Å². The van der Waals surface area contributed by atoms with E-state index in [4.69, 9.17) is 52.1 Å². The normalized spacial score (nSPS) is 14.0. The fourth-order valence-corrected chi connectivity index (χ4v) is 3.98. The van der Waals surface area contributed by atoms with Gasteiger partial charge >= 0.3 is 0 Å². The standard InChI is InChI=1S/C32H57NO11/c1-2-4-31(5-3-1)30-43-27-26-41-23-22-39-19-18-37-15-14-35-11-10-34-12-13-36-16-17-38-20-21-40-24-25-42-28-29-44-32-6-8-33-9-7-32/h1-5,32-33H,6-30H2. The molecule has 1 aliphatic heterocycles. The highest BCUT2D eigenvalue weighted by Gasteiger charge is 2.12. The van der Waals surface area contributed by atoms with Crippen molar-refractivity contribution in [3.05, 3.63) is 35.9 Å². The molecule has 1 saturated heterocycles. The van der Waals surface area contributed by atoms with E-state index < -0.39 is 0 Å². The van der Waals surface area contributed by atoms with Crippen molar-refractivity contribution in [3.63, 3.8) is 0 Å². The van der Waals surface area contributed by atoms with Gasteiger partial charge in [0.05, 0.1) is 145 Å². The Kier molecular flexibility index (Phi) is 28.1. The highest BCUT2D eigenvalue weighted by atomic mass is 16.6. The zero-order valence-corrected chi connectivity index (χ0v) is 26.6. The van der Waals surface area contributed by atoms with Crippen LogP contribution in [0.2, 0.25) is 0 Å². The molecule has 1 aromatic rings. The van der Waals surface area contributed by atoms with E-state index in [0.717, 1.165) is 31.5 Å². The summed E-state index contributed by atoms with van der Waals surface area (Å²) in [6.45, 7) is 13.6. The average molecular weight is 632 g/mol. The molecule has 0 spiro atoms. The first-order valence-corrected chi connectivity index (χ1v) is 16.1. The minimum absolute atomic E-state index is 0.374. The smallest absolute Gasteiger partial charge is 0.0718 e. The Hall–Kier alpha value is -1.26. The van der Waals surface area contributed by atoms with Crippen LogP contribution in [-0.2, 0) is 58.7 Å². The van der Waals surface area contributed by atoms with E-state index in [1.807, 2.05) is 30.3 Å². The Morgan fingerprint density at radius 2 is 0.727 bits per heavy atom. The lowest BCUT2D eigenvalue weighted by Gasteiger charge is -2.22. The molecule has 12 nitrogen and oxygen atoms in total. The minimum atomic E-state index is 0.374. The van der Waals surface area contributed by atoms with Gasteiger partial charge in [-0.1, -0.05) is 30.3 Å². The third-order valence-corrected chi connectivity index (χ3v) is 6.33. The van der Waals surface area contributed by atoms with Crippen molar-refractivity contribution in [1.29, 1.82) is 0 Å². The lowest BCUT2D eigenvalue weighted by Crippen LogP contribution is -2.33. The molecule has 0 aliphatic carbocycles. The van der Waals surface area contributed by atoms with Gasteiger partial charge in [0.15, 0.2) is 0 Å². The average Bonchev–Trinajstić information content (AvgIpc) is 3.06. The topological polar surface area (TPSA) is 114 Å². The molecule has 0 radical (unpaired) electrons. The molecule has 2 rings (SSSR count). The van der Waals surface area contributed by atoms with E-state index in [1.54, 1.807) is 0 Å². The van der Waals surface area contributed by atoms with Gasteiger partial charge in [0.1, 0.15) is 0 Å². The van der Waals surface area contributed by atoms with Gasteiger partial charge in [-0.15, -0.1) is 0 Å². The van der Waals surface area contributed by atoms with Crippen LogP contribution in [-0.4, -0.2) is 151 Å². The fourth-order valence-electron chi connectivity index (χ4n) is 3.98. The summed E-state index contributed by atoms with van der Waals surface area (Å²) in [6, 6.07) is 10.1. The molecule has 1 aliphatic rings. The molecule has 1 N–H and O–H groups in total. The van der Waals surface area contributed by atoms with Crippen molar-refractivity contribution in [1.82, 2.24) is 5.32 Å². The van der Waals surface area contributed by atoms with Crippen molar-refractivity contribution in [2.45, 2.75) is 25.6 Å². The second-order valence-electron chi connectivity index (χ2n) is 9.87. The molecule has 0 amide bonds. The molecule has 0 atom stereocenters. The highest BCUT2D eigenvalue weighted by Crippen LogP contribution is 2.06. The second-order valence-corrected chi connectivity index (χ2v) is 9.87. The van der Waals surface area contributed by atoms with Gasteiger partial charge in [0.25, 0.3) is 0 Å². The van der Waals surface area contributed by atoms with Crippen LogP contribution in [0.25, 0.3) is 0 Å². The van der Waals surface area contributed by atoms with Crippen LogP contribution in [0, 0.1) is 0 Å².